The smallest absolute Gasteiger partial charge is 0.132 e. The summed E-state index contributed by atoms with van der Waals surface area (Å²) in [5, 5.41) is 0. The molecule has 0 fully saturated rings. The van der Waals surface area contributed by atoms with Crippen LogP contribution in [0.2, 0.25) is 0 Å². The molecule has 0 saturated heterocycles. The molecule has 0 aromatic heterocycles. The van der Waals surface area contributed by atoms with Gasteiger partial charge in [-0.25, -0.2) is 0 Å². The van der Waals surface area contributed by atoms with Gasteiger partial charge in [-0.2, -0.15) is 0 Å². The fourth-order valence-corrected chi connectivity index (χ4v) is 1.38. The highest BCUT2D eigenvalue weighted by Crippen LogP contribution is 2.19. The van der Waals surface area contributed by atoms with Crippen molar-refractivity contribution in [3.63, 3.8) is 0 Å². The molecule has 0 saturated carbocycles. The van der Waals surface area contributed by atoms with Crippen molar-refractivity contribution in [2.75, 3.05) is 13.7 Å². The maximum absolute atomic E-state index is 5.56. The van der Waals surface area contributed by atoms with E-state index < -0.39 is 0 Å². The Bertz CT molecular complexity index is 263. The molecule has 1 aromatic carbocycles. The van der Waals surface area contributed by atoms with Gasteiger partial charge in [-0.15, -0.1) is 0 Å². The summed E-state index contributed by atoms with van der Waals surface area (Å²) in [6, 6.07) is 7.95. The molecule has 1 unspecified atom stereocenters. The minimum atomic E-state index is 0.135. The van der Waals surface area contributed by atoms with Crippen LogP contribution in [-0.2, 0) is 4.74 Å². The van der Waals surface area contributed by atoms with Gasteiger partial charge in [0.25, 0.3) is 0 Å². The van der Waals surface area contributed by atoms with E-state index in [9.17, 15) is 0 Å². The molecule has 1 aromatic rings. The van der Waals surface area contributed by atoms with Crippen molar-refractivity contribution in [1.82, 2.24) is 0 Å². The molecule has 1 rings (SSSR count). The Morgan fingerprint density at radius 1 is 1.38 bits per heavy atom. The Kier molecular flexibility index (Phi) is 4.52. The van der Waals surface area contributed by atoms with Gasteiger partial charge in [-0.1, -0.05) is 12.1 Å². The zero-order valence-corrected chi connectivity index (χ0v) is 9.95. The summed E-state index contributed by atoms with van der Waals surface area (Å²) in [7, 11) is 1.68. The molecular formula is C10H13IO2. The van der Waals surface area contributed by atoms with E-state index in [4.69, 9.17) is 9.47 Å². The first-order chi connectivity index (χ1) is 6.24. The van der Waals surface area contributed by atoms with Gasteiger partial charge in [0.05, 0.1) is 9.67 Å². The summed E-state index contributed by atoms with van der Waals surface area (Å²) in [6.45, 7) is 2.58. The molecule has 3 heteroatoms. The molecule has 0 bridgehead atoms. The summed E-state index contributed by atoms with van der Waals surface area (Å²) < 4.78 is 11.8. The van der Waals surface area contributed by atoms with E-state index >= 15 is 0 Å². The van der Waals surface area contributed by atoms with Crippen molar-refractivity contribution < 1.29 is 9.47 Å². The first-order valence-electron chi connectivity index (χ1n) is 4.14. The second-order valence-corrected chi connectivity index (χ2v) is 3.95. The minimum Gasteiger partial charge on any atom is -0.490 e. The molecule has 0 heterocycles. The lowest BCUT2D eigenvalue weighted by Crippen LogP contribution is -2.16. The standard InChI is InChI=1S/C10H13IO2/c1-8(12-2)7-13-10-6-4-3-5-9(10)11/h3-6,8H,7H2,1-2H3. The summed E-state index contributed by atoms with van der Waals surface area (Å²) in [5.41, 5.74) is 0. The number of benzene rings is 1. The molecule has 0 aliphatic carbocycles. The second kappa shape index (κ2) is 5.44. The monoisotopic (exact) mass is 292 g/mol. The highest BCUT2D eigenvalue weighted by atomic mass is 127. The summed E-state index contributed by atoms with van der Waals surface area (Å²) >= 11 is 2.25. The highest BCUT2D eigenvalue weighted by molar-refractivity contribution is 14.1. The Hall–Kier alpha value is -0.290. The molecule has 2 nitrogen and oxygen atoms in total. The number of methoxy groups -OCH3 is 1. The maximum atomic E-state index is 5.56. The lowest BCUT2D eigenvalue weighted by atomic mass is 10.3. The number of hydrogen-bond donors (Lipinski definition) is 0. The van der Waals surface area contributed by atoms with Crippen LogP contribution < -0.4 is 4.74 Å². The number of halogens is 1. The van der Waals surface area contributed by atoms with Gasteiger partial charge in [0, 0.05) is 7.11 Å². The zero-order chi connectivity index (χ0) is 9.68. The van der Waals surface area contributed by atoms with E-state index in [1.165, 1.54) is 0 Å². The number of hydrogen-bond acceptors (Lipinski definition) is 2. The van der Waals surface area contributed by atoms with Crippen molar-refractivity contribution in [2.24, 2.45) is 0 Å². The van der Waals surface area contributed by atoms with Gasteiger partial charge in [0.15, 0.2) is 0 Å². The highest BCUT2D eigenvalue weighted by Gasteiger charge is 2.02. The zero-order valence-electron chi connectivity index (χ0n) is 7.79. The Balaban J connectivity index is 2.50. The van der Waals surface area contributed by atoms with Crippen molar-refractivity contribution in [3.8, 4) is 5.75 Å². The quantitative estimate of drug-likeness (QED) is 0.794. The van der Waals surface area contributed by atoms with E-state index in [1.807, 2.05) is 31.2 Å². The first kappa shape index (κ1) is 10.8. The Morgan fingerprint density at radius 2 is 2.08 bits per heavy atom. The third-order valence-corrected chi connectivity index (χ3v) is 2.60. The number of rotatable bonds is 4. The SMILES string of the molecule is COC(C)COc1ccccc1I. The fraction of sp³-hybridized carbons (Fsp3) is 0.400. The average Bonchev–Trinajstić information content (AvgIpc) is 2.16. The summed E-state index contributed by atoms with van der Waals surface area (Å²) in [4.78, 5) is 0. The lowest BCUT2D eigenvalue weighted by Gasteiger charge is -2.12. The Labute approximate surface area is 92.4 Å². The number of ether oxygens (including phenoxy) is 2. The largest absolute Gasteiger partial charge is 0.490 e. The summed E-state index contributed by atoms with van der Waals surface area (Å²) in [6.07, 6.45) is 0.135. The van der Waals surface area contributed by atoms with Gasteiger partial charge in [-0.3, -0.25) is 0 Å². The van der Waals surface area contributed by atoms with Crippen LogP contribution in [0.5, 0.6) is 5.75 Å². The molecule has 13 heavy (non-hydrogen) atoms. The van der Waals surface area contributed by atoms with E-state index in [1.54, 1.807) is 7.11 Å². The van der Waals surface area contributed by atoms with Gasteiger partial charge in [0.2, 0.25) is 0 Å². The molecule has 0 N–H and O–H groups in total. The predicted molar refractivity (Wildman–Crippen MR) is 61.1 cm³/mol. The van der Waals surface area contributed by atoms with Crippen LogP contribution in [0, 0.1) is 3.57 Å². The average molecular weight is 292 g/mol. The normalized spacial score (nSPS) is 12.5. The van der Waals surface area contributed by atoms with Crippen LogP contribution in [0.1, 0.15) is 6.92 Å². The Morgan fingerprint density at radius 3 is 2.69 bits per heavy atom. The molecule has 0 radical (unpaired) electrons. The van der Waals surface area contributed by atoms with Crippen LogP contribution in [0.3, 0.4) is 0 Å². The van der Waals surface area contributed by atoms with Gasteiger partial charge in [-0.05, 0) is 41.6 Å². The molecule has 0 aliphatic rings. The molecule has 0 spiro atoms. The molecule has 72 valence electrons. The van der Waals surface area contributed by atoms with Crippen LogP contribution in [0.25, 0.3) is 0 Å². The first-order valence-corrected chi connectivity index (χ1v) is 5.22. The van der Waals surface area contributed by atoms with Gasteiger partial charge >= 0.3 is 0 Å². The van der Waals surface area contributed by atoms with Gasteiger partial charge in [0.1, 0.15) is 12.4 Å². The van der Waals surface area contributed by atoms with E-state index in [-0.39, 0.29) is 6.10 Å². The van der Waals surface area contributed by atoms with Crippen LogP contribution >= 0.6 is 22.6 Å². The lowest BCUT2D eigenvalue weighted by molar-refractivity contribution is 0.0713. The van der Waals surface area contributed by atoms with E-state index in [0.717, 1.165) is 9.32 Å². The van der Waals surface area contributed by atoms with Crippen molar-refractivity contribution in [1.29, 1.82) is 0 Å². The maximum Gasteiger partial charge on any atom is 0.132 e. The fourth-order valence-electron chi connectivity index (χ4n) is 0.837. The van der Waals surface area contributed by atoms with E-state index in [2.05, 4.69) is 22.6 Å². The van der Waals surface area contributed by atoms with Crippen LogP contribution in [-0.4, -0.2) is 19.8 Å². The minimum absolute atomic E-state index is 0.135. The third-order valence-electron chi connectivity index (χ3n) is 1.71. The van der Waals surface area contributed by atoms with Crippen LogP contribution in [0.4, 0.5) is 0 Å². The van der Waals surface area contributed by atoms with Crippen molar-refractivity contribution in [2.45, 2.75) is 13.0 Å². The van der Waals surface area contributed by atoms with Crippen molar-refractivity contribution >= 4 is 22.6 Å². The molecule has 0 amide bonds. The summed E-state index contributed by atoms with van der Waals surface area (Å²) in [5.74, 6) is 0.923. The number of para-hydroxylation sites is 1. The molecule has 1 atom stereocenters. The molecule has 0 aliphatic heterocycles. The third kappa shape index (κ3) is 3.52. The second-order valence-electron chi connectivity index (χ2n) is 2.79. The van der Waals surface area contributed by atoms with E-state index in [0.29, 0.717) is 6.61 Å². The van der Waals surface area contributed by atoms with Gasteiger partial charge < -0.3 is 9.47 Å². The van der Waals surface area contributed by atoms with Crippen molar-refractivity contribution in [3.05, 3.63) is 27.8 Å². The van der Waals surface area contributed by atoms with Crippen LogP contribution in [0.15, 0.2) is 24.3 Å². The molecular weight excluding hydrogens is 279 g/mol. The predicted octanol–water partition coefficient (Wildman–Crippen LogP) is 2.70. The topological polar surface area (TPSA) is 18.5 Å².